The number of amidine groups is 2. The predicted octanol–water partition coefficient (Wildman–Crippen LogP) is 4.00. The van der Waals surface area contributed by atoms with Crippen molar-refractivity contribution in [2.45, 2.75) is 0 Å². The number of amides is 2. The van der Waals surface area contributed by atoms with E-state index in [1.54, 1.807) is 64.9 Å². The van der Waals surface area contributed by atoms with Crippen LogP contribution in [0.15, 0.2) is 44.1 Å². The maximum absolute atomic E-state index is 12.8. The highest BCUT2D eigenvalue weighted by Gasteiger charge is 2.32. The van der Waals surface area contributed by atoms with Gasteiger partial charge in [-0.05, 0) is 71.1 Å². The molecule has 12 nitrogen and oxygen atoms in total. The van der Waals surface area contributed by atoms with Crippen LogP contribution in [0.3, 0.4) is 0 Å². The molecule has 3 aliphatic rings. The largest absolute Gasteiger partial charge is 0.493 e. The van der Waals surface area contributed by atoms with Gasteiger partial charge in [-0.1, -0.05) is 0 Å². The highest BCUT2D eigenvalue weighted by Crippen LogP contribution is 2.41. The van der Waals surface area contributed by atoms with E-state index in [0.29, 0.717) is 80.8 Å². The number of ether oxygens (including phenoxy) is 6. The summed E-state index contributed by atoms with van der Waals surface area (Å²) in [6, 6.07) is 7.13. The number of thioether (sulfide) groups is 2. The lowest BCUT2D eigenvalue weighted by atomic mass is 10.1. The third-order valence-corrected chi connectivity index (χ3v) is 9.10. The van der Waals surface area contributed by atoms with Gasteiger partial charge in [0.15, 0.2) is 33.3 Å². The summed E-state index contributed by atoms with van der Waals surface area (Å²) in [5.74, 6) is 2.35. The van der Waals surface area contributed by atoms with Crippen LogP contribution in [0.4, 0.5) is 0 Å². The molecule has 0 radical (unpaired) electrons. The molecule has 0 saturated carbocycles. The number of benzene rings is 2. The number of aliphatic imine (C=N–C) groups is 2. The molecule has 0 aliphatic carbocycles. The second-order valence-corrected chi connectivity index (χ2v) is 11.5. The van der Waals surface area contributed by atoms with E-state index in [0.717, 1.165) is 11.1 Å². The Morgan fingerprint density at radius 3 is 1.16 bits per heavy atom. The second kappa shape index (κ2) is 13.6. The summed E-state index contributed by atoms with van der Waals surface area (Å²) in [5.41, 5.74) is 1.46. The second-order valence-electron chi connectivity index (χ2n) is 9.51. The third kappa shape index (κ3) is 6.31. The molecule has 232 valence electrons. The number of methoxy groups -OCH3 is 6. The molecule has 1 saturated heterocycles. The van der Waals surface area contributed by atoms with Gasteiger partial charge in [0.2, 0.25) is 11.5 Å². The summed E-state index contributed by atoms with van der Waals surface area (Å²) in [4.78, 5) is 39.3. The molecule has 0 spiro atoms. The van der Waals surface area contributed by atoms with Crippen molar-refractivity contribution in [1.29, 1.82) is 0 Å². The fourth-order valence-electron chi connectivity index (χ4n) is 4.83. The van der Waals surface area contributed by atoms with Crippen LogP contribution in [0.2, 0.25) is 0 Å². The van der Waals surface area contributed by atoms with E-state index in [9.17, 15) is 9.59 Å². The Bertz CT molecular complexity index is 1430. The molecule has 2 aromatic rings. The zero-order valence-corrected chi connectivity index (χ0v) is 26.8. The van der Waals surface area contributed by atoms with E-state index in [-0.39, 0.29) is 11.8 Å². The van der Waals surface area contributed by atoms with Gasteiger partial charge in [0.1, 0.15) is 0 Å². The smallest absolute Gasteiger partial charge is 0.286 e. The van der Waals surface area contributed by atoms with Gasteiger partial charge in [-0.3, -0.25) is 9.59 Å². The molecule has 0 bridgehead atoms. The predicted molar refractivity (Wildman–Crippen MR) is 171 cm³/mol. The van der Waals surface area contributed by atoms with Crippen LogP contribution in [0.5, 0.6) is 34.5 Å². The maximum Gasteiger partial charge on any atom is 0.286 e. The van der Waals surface area contributed by atoms with Gasteiger partial charge in [0.25, 0.3) is 11.8 Å². The fraction of sp³-hybridized carbons (Fsp3) is 0.333. The molecule has 5 rings (SSSR count). The van der Waals surface area contributed by atoms with E-state index in [4.69, 9.17) is 28.4 Å². The first-order valence-corrected chi connectivity index (χ1v) is 15.1. The molecular weight excluding hydrogens is 608 g/mol. The molecule has 0 unspecified atom stereocenters. The number of hydrogen-bond donors (Lipinski definition) is 0. The van der Waals surface area contributed by atoms with Crippen LogP contribution in [-0.4, -0.2) is 101 Å². The Balaban J connectivity index is 1.22. The van der Waals surface area contributed by atoms with Crippen LogP contribution in [0.25, 0.3) is 12.2 Å². The Hall–Kier alpha value is -4.30. The molecule has 3 aliphatic heterocycles. The highest BCUT2D eigenvalue weighted by molar-refractivity contribution is 8.18. The Morgan fingerprint density at radius 2 is 0.886 bits per heavy atom. The molecule has 44 heavy (non-hydrogen) atoms. The topological polar surface area (TPSA) is 121 Å². The molecule has 14 heteroatoms. The molecule has 0 N–H and O–H groups in total. The van der Waals surface area contributed by atoms with Crippen LogP contribution in [-0.2, 0) is 9.59 Å². The molecule has 0 atom stereocenters. The van der Waals surface area contributed by atoms with Crippen LogP contribution < -0.4 is 28.4 Å². The summed E-state index contributed by atoms with van der Waals surface area (Å²) in [7, 11) is 9.26. The van der Waals surface area contributed by atoms with Crippen molar-refractivity contribution in [1.82, 2.24) is 9.80 Å². The van der Waals surface area contributed by atoms with Crippen molar-refractivity contribution in [3.8, 4) is 34.5 Å². The lowest BCUT2D eigenvalue weighted by Gasteiger charge is -2.35. The number of piperazine rings is 1. The summed E-state index contributed by atoms with van der Waals surface area (Å²) >= 11 is 2.66. The van der Waals surface area contributed by atoms with E-state index >= 15 is 0 Å². The lowest BCUT2D eigenvalue weighted by molar-refractivity contribution is -0.114. The molecule has 3 heterocycles. The fourth-order valence-corrected chi connectivity index (χ4v) is 6.76. The van der Waals surface area contributed by atoms with Crippen LogP contribution >= 0.6 is 23.5 Å². The minimum Gasteiger partial charge on any atom is -0.493 e. The Labute approximate surface area is 263 Å². The maximum atomic E-state index is 12.8. The highest BCUT2D eigenvalue weighted by atomic mass is 32.2. The molecule has 0 aromatic heterocycles. The minimum absolute atomic E-state index is 0.302. The first-order valence-electron chi connectivity index (χ1n) is 13.5. The van der Waals surface area contributed by atoms with Crippen molar-refractivity contribution >= 4 is 57.8 Å². The third-order valence-electron chi connectivity index (χ3n) is 7.01. The van der Waals surface area contributed by atoms with Crippen LogP contribution in [0, 0.1) is 0 Å². The molecule has 1 fully saturated rings. The van der Waals surface area contributed by atoms with Crippen LogP contribution in [0.1, 0.15) is 11.1 Å². The number of nitrogens with zero attached hydrogens (tertiary/aromatic N) is 4. The van der Waals surface area contributed by atoms with Crippen molar-refractivity contribution in [3.05, 3.63) is 45.2 Å². The van der Waals surface area contributed by atoms with E-state index in [1.807, 2.05) is 0 Å². The zero-order chi connectivity index (χ0) is 31.4. The Morgan fingerprint density at radius 1 is 0.568 bits per heavy atom. The number of carbonyl (C=O) groups is 2. The number of hydrogen-bond acceptors (Lipinski definition) is 12. The average Bonchev–Trinajstić information content (AvgIpc) is 3.60. The number of carbonyl (C=O) groups excluding carboxylic acids is 2. The van der Waals surface area contributed by atoms with E-state index < -0.39 is 0 Å². The summed E-state index contributed by atoms with van der Waals surface area (Å²) < 4.78 is 32.5. The molecular formula is C30H32N4O8S2. The van der Waals surface area contributed by atoms with Gasteiger partial charge in [0, 0.05) is 26.2 Å². The average molecular weight is 641 g/mol. The summed E-state index contributed by atoms with van der Waals surface area (Å²) in [5, 5.41) is 1.29. The van der Waals surface area contributed by atoms with E-state index in [2.05, 4.69) is 19.8 Å². The van der Waals surface area contributed by atoms with Gasteiger partial charge in [-0.15, -0.1) is 0 Å². The van der Waals surface area contributed by atoms with Gasteiger partial charge < -0.3 is 38.2 Å². The lowest BCUT2D eigenvalue weighted by Crippen LogP contribution is -2.49. The molecule has 2 aromatic carbocycles. The van der Waals surface area contributed by atoms with Crippen molar-refractivity contribution in [2.75, 3.05) is 68.8 Å². The Kier molecular flexibility index (Phi) is 9.59. The first kappa shape index (κ1) is 31.1. The molecule has 2 amide bonds. The van der Waals surface area contributed by atoms with Crippen molar-refractivity contribution in [2.24, 2.45) is 9.98 Å². The van der Waals surface area contributed by atoms with Gasteiger partial charge in [-0.25, -0.2) is 0 Å². The minimum atomic E-state index is -0.302. The van der Waals surface area contributed by atoms with Crippen molar-refractivity contribution < 1.29 is 38.0 Å². The first-order chi connectivity index (χ1) is 21.3. The van der Waals surface area contributed by atoms with Gasteiger partial charge in [0.05, 0.1) is 52.5 Å². The standard InChI is InChI=1S/C30H32N4O8S2/c1-37-19-11-17(12-20(38-2)25(19)41-5)15-23-27(35)31-29(43-23)33-7-9-34(10-8-33)30-32-28(36)24(44-30)16-18-13-21(39-3)26(42-6)22(14-18)40-4/h11-16H,7-10H2,1-6H3. The van der Waals surface area contributed by atoms with Gasteiger partial charge >= 0.3 is 0 Å². The SMILES string of the molecule is COc1cc(C=C2SC(N3CCN(C4=NC(=O)C(=Cc5cc(OC)c(OC)c(OC)c5)S4)CC3)=NC2=O)cc(OC)c1OC. The van der Waals surface area contributed by atoms with Gasteiger partial charge in [-0.2, -0.15) is 9.98 Å². The summed E-state index contributed by atoms with van der Waals surface area (Å²) in [6.07, 6.45) is 3.53. The number of rotatable bonds is 8. The quantitative estimate of drug-likeness (QED) is 0.388. The normalized spacial score (nSPS) is 18.5. The summed E-state index contributed by atoms with van der Waals surface area (Å²) in [6.45, 7) is 2.49. The zero-order valence-electron chi connectivity index (χ0n) is 25.2. The van der Waals surface area contributed by atoms with E-state index in [1.165, 1.54) is 37.7 Å². The monoisotopic (exact) mass is 640 g/mol. The van der Waals surface area contributed by atoms with Crippen molar-refractivity contribution in [3.63, 3.8) is 0 Å².